The first kappa shape index (κ1) is 8.30. The van der Waals surface area contributed by atoms with Crippen molar-refractivity contribution in [2.45, 2.75) is 0 Å². The largest absolute Gasteiger partial charge is 0.478 e. The summed E-state index contributed by atoms with van der Waals surface area (Å²) in [7, 11) is 0. The fraction of sp³-hybridized carbons (Fsp3) is 0. The molecule has 0 aliphatic heterocycles. The number of hydrogen-bond donors (Lipinski definition) is 1. The SMILES string of the molecule is O=C(O)/C(=C/Cl)c1ccsc1. The first-order valence-corrected chi connectivity index (χ1v) is 4.20. The normalized spacial score (nSPS) is 11.5. The molecule has 1 rings (SSSR count). The Bertz CT molecular complexity index is 277. The molecule has 0 radical (unpaired) electrons. The first-order valence-electron chi connectivity index (χ1n) is 2.82. The van der Waals surface area contributed by atoms with Crippen molar-refractivity contribution in [2.24, 2.45) is 0 Å². The second kappa shape index (κ2) is 3.55. The molecule has 0 saturated carbocycles. The van der Waals surface area contributed by atoms with Gasteiger partial charge in [0.1, 0.15) is 0 Å². The van der Waals surface area contributed by atoms with E-state index in [9.17, 15) is 4.79 Å². The van der Waals surface area contributed by atoms with Crippen LogP contribution in [-0.4, -0.2) is 11.1 Å². The number of hydrogen-bond acceptors (Lipinski definition) is 2. The van der Waals surface area contributed by atoms with Gasteiger partial charge in [0, 0.05) is 11.1 Å². The van der Waals surface area contributed by atoms with Crippen LogP contribution in [0.2, 0.25) is 0 Å². The van der Waals surface area contributed by atoms with Crippen molar-refractivity contribution in [1.82, 2.24) is 0 Å². The van der Waals surface area contributed by atoms with Crippen LogP contribution >= 0.6 is 22.9 Å². The molecule has 11 heavy (non-hydrogen) atoms. The zero-order chi connectivity index (χ0) is 8.27. The average molecular weight is 189 g/mol. The van der Waals surface area contributed by atoms with Gasteiger partial charge >= 0.3 is 5.97 Å². The summed E-state index contributed by atoms with van der Waals surface area (Å²) in [5.74, 6) is -1.00. The molecule has 0 aliphatic rings. The van der Waals surface area contributed by atoms with Gasteiger partial charge in [-0.05, 0) is 16.8 Å². The van der Waals surface area contributed by atoms with E-state index in [0.717, 1.165) is 5.54 Å². The van der Waals surface area contributed by atoms with Crippen molar-refractivity contribution in [3.63, 3.8) is 0 Å². The van der Waals surface area contributed by atoms with E-state index in [2.05, 4.69) is 0 Å². The van der Waals surface area contributed by atoms with E-state index in [1.54, 1.807) is 16.8 Å². The van der Waals surface area contributed by atoms with Crippen LogP contribution in [0.25, 0.3) is 5.57 Å². The van der Waals surface area contributed by atoms with Crippen LogP contribution in [0.5, 0.6) is 0 Å². The van der Waals surface area contributed by atoms with Gasteiger partial charge in [-0.1, -0.05) is 11.6 Å². The molecule has 0 saturated heterocycles. The molecular weight excluding hydrogens is 184 g/mol. The molecule has 0 fully saturated rings. The molecule has 0 amide bonds. The van der Waals surface area contributed by atoms with Crippen LogP contribution in [0.15, 0.2) is 22.4 Å². The molecule has 0 aliphatic carbocycles. The Hall–Kier alpha value is -0.800. The Morgan fingerprint density at radius 3 is 2.82 bits per heavy atom. The highest BCUT2D eigenvalue weighted by molar-refractivity contribution is 7.08. The molecule has 0 spiro atoms. The fourth-order valence-electron chi connectivity index (χ4n) is 0.651. The van der Waals surface area contributed by atoms with Gasteiger partial charge in [-0.3, -0.25) is 0 Å². The minimum Gasteiger partial charge on any atom is -0.478 e. The molecule has 0 bridgehead atoms. The molecule has 1 aromatic heterocycles. The monoisotopic (exact) mass is 188 g/mol. The molecule has 1 aromatic rings. The van der Waals surface area contributed by atoms with E-state index in [-0.39, 0.29) is 5.57 Å². The highest BCUT2D eigenvalue weighted by Gasteiger charge is 2.08. The summed E-state index contributed by atoms with van der Waals surface area (Å²) in [6.07, 6.45) is 0. The lowest BCUT2D eigenvalue weighted by molar-refractivity contribution is -0.130. The van der Waals surface area contributed by atoms with Gasteiger partial charge in [0.15, 0.2) is 0 Å². The Morgan fingerprint density at radius 2 is 2.45 bits per heavy atom. The highest BCUT2D eigenvalue weighted by Crippen LogP contribution is 2.18. The van der Waals surface area contributed by atoms with Gasteiger partial charge in [0.2, 0.25) is 0 Å². The average Bonchev–Trinajstić information content (AvgIpc) is 2.40. The summed E-state index contributed by atoms with van der Waals surface area (Å²) in [5, 5.41) is 12.1. The quantitative estimate of drug-likeness (QED) is 0.724. The van der Waals surface area contributed by atoms with Crippen LogP contribution in [0.3, 0.4) is 0 Å². The molecular formula is C7H5ClO2S. The highest BCUT2D eigenvalue weighted by atomic mass is 35.5. The Balaban J connectivity index is 2.99. The van der Waals surface area contributed by atoms with Crippen LogP contribution in [0.4, 0.5) is 0 Å². The standard InChI is InChI=1S/C7H5ClO2S/c8-3-6(7(9)10)5-1-2-11-4-5/h1-4H,(H,9,10)/b6-3+. The second-order valence-corrected chi connectivity index (χ2v) is 2.84. The predicted octanol–water partition coefficient (Wildman–Crippen LogP) is 2.41. The zero-order valence-electron chi connectivity index (χ0n) is 5.45. The van der Waals surface area contributed by atoms with Crippen LogP contribution < -0.4 is 0 Å². The Morgan fingerprint density at radius 1 is 1.73 bits per heavy atom. The summed E-state index contributed by atoms with van der Waals surface area (Å²) in [6, 6.07) is 1.72. The zero-order valence-corrected chi connectivity index (χ0v) is 7.02. The van der Waals surface area contributed by atoms with Gasteiger partial charge in [0.05, 0.1) is 5.57 Å². The molecule has 58 valence electrons. The number of thiophene rings is 1. The van der Waals surface area contributed by atoms with Crippen LogP contribution in [0, 0.1) is 0 Å². The van der Waals surface area contributed by atoms with Crippen molar-refractivity contribution < 1.29 is 9.90 Å². The lowest BCUT2D eigenvalue weighted by Gasteiger charge is -1.93. The first-order chi connectivity index (χ1) is 5.25. The van der Waals surface area contributed by atoms with E-state index in [4.69, 9.17) is 16.7 Å². The Kier molecular flexibility index (Phi) is 2.68. The number of rotatable bonds is 2. The summed E-state index contributed by atoms with van der Waals surface area (Å²) >= 11 is 6.75. The third-order valence-electron chi connectivity index (χ3n) is 1.17. The second-order valence-electron chi connectivity index (χ2n) is 1.84. The molecule has 0 unspecified atom stereocenters. The molecule has 0 atom stereocenters. The molecule has 1 heterocycles. The van der Waals surface area contributed by atoms with Crippen molar-refractivity contribution in [2.75, 3.05) is 0 Å². The smallest absolute Gasteiger partial charge is 0.337 e. The maximum absolute atomic E-state index is 10.5. The maximum Gasteiger partial charge on any atom is 0.337 e. The van der Waals surface area contributed by atoms with E-state index in [1.807, 2.05) is 0 Å². The number of aliphatic carboxylic acids is 1. The Labute approximate surface area is 72.7 Å². The summed E-state index contributed by atoms with van der Waals surface area (Å²) in [5.41, 5.74) is 1.86. The van der Waals surface area contributed by atoms with Gasteiger partial charge in [-0.15, -0.1) is 0 Å². The van der Waals surface area contributed by atoms with Crippen molar-refractivity contribution in [1.29, 1.82) is 0 Å². The third-order valence-corrected chi connectivity index (χ3v) is 2.07. The van der Waals surface area contributed by atoms with Crippen molar-refractivity contribution in [3.05, 3.63) is 27.9 Å². The van der Waals surface area contributed by atoms with Crippen molar-refractivity contribution >= 4 is 34.5 Å². The molecule has 2 nitrogen and oxygen atoms in total. The van der Waals surface area contributed by atoms with Gasteiger partial charge in [0.25, 0.3) is 0 Å². The van der Waals surface area contributed by atoms with Crippen molar-refractivity contribution in [3.8, 4) is 0 Å². The van der Waals surface area contributed by atoms with Gasteiger partial charge in [-0.25, -0.2) is 4.79 Å². The number of carboxylic acid groups (broad SMARTS) is 1. The summed E-state index contributed by atoms with van der Waals surface area (Å²) in [4.78, 5) is 10.5. The summed E-state index contributed by atoms with van der Waals surface area (Å²) < 4.78 is 0. The molecule has 0 aromatic carbocycles. The van der Waals surface area contributed by atoms with E-state index >= 15 is 0 Å². The minimum absolute atomic E-state index is 0.132. The minimum atomic E-state index is -1.00. The number of carbonyl (C=O) groups is 1. The predicted molar refractivity (Wildman–Crippen MR) is 45.8 cm³/mol. The van der Waals surface area contributed by atoms with Gasteiger partial charge in [-0.2, -0.15) is 11.3 Å². The van der Waals surface area contributed by atoms with E-state index in [0.29, 0.717) is 5.56 Å². The summed E-state index contributed by atoms with van der Waals surface area (Å²) in [6.45, 7) is 0. The van der Waals surface area contributed by atoms with Gasteiger partial charge < -0.3 is 5.11 Å². The molecule has 1 N–H and O–H groups in total. The lowest BCUT2D eigenvalue weighted by atomic mass is 10.2. The third kappa shape index (κ3) is 1.82. The maximum atomic E-state index is 10.5. The fourth-order valence-corrected chi connectivity index (χ4v) is 1.53. The van der Waals surface area contributed by atoms with Crippen LogP contribution in [-0.2, 0) is 4.79 Å². The van der Waals surface area contributed by atoms with E-state index < -0.39 is 5.97 Å². The van der Waals surface area contributed by atoms with Crippen LogP contribution in [0.1, 0.15) is 5.56 Å². The van der Waals surface area contributed by atoms with E-state index in [1.165, 1.54) is 11.3 Å². The molecule has 4 heteroatoms. The lowest BCUT2D eigenvalue weighted by Crippen LogP contribution is -1.96. The topological polar surface area (TPSA) is 37.3 Å². The number of halogens is 1. The number of carboxylic acids is 1.